The number of fused-ring (bicyclic) bond motifs is 1. The molecule has 0 saturated carbocycles. The lowest BCUT2D eigenvalue weighted by molar-refractivity contribution is 0.414. The molecule has 0 saturated heterocycles. The van der Waals surface area contributed by atoms with Crippen LogP contribution in [0, 0.1) is 0 Å². The molecule has 0 bridgehead atoms. The Hall–Kier alpha value is -2.59. The molecule has 0 spiro atoms. The van der Waals surface area contributed by atoms with E-state index in [2.05, 4.69) is 35.3 Å². The van der Waals surface area contributed by atoms with Crippen molar-refractivity contribution in [3.63, 3.8) is 0 Å². The SMILES string of the molecule is COc1ccc([C@H]2CC(c3ccncc3)=Nc3ccccc3S2)cc1. The smallest absolute Gasteiger partial charge is 0.118 e. The number of aromatic nitrogens is 1. The summed E-state index contributed by atoms with van der Waals surface area (Å²) in [6, 6.07) is 20.8. The number of thioether (sulfide) groups is 1. The summed E-state index contributed by atoms with van der Waals surface area (Å²) < 4.78 is 5.29. The number of methoxy groups -OCH3 is 1. The van der Waals surface area contributed by atoms with Crippen molar-refractivity contribution in [2.45, 2.75) is 16.6 Å². The molecule has 0 unspecified atom stereocenters. The average molecular weight is 346 g/mol. The van der Waals surface area contributed by atoms with Crippen molar-refractivity contribution in [3.8, 4) is 5.75 Å². The third kappa shape index (κ3) is 3.44. The Kier molecular flexibility index (Phi) is 4.53. The largest absolute Gasteiger partial charge is 0.497 e. The zero-order chi connectivity index (χ0) is 17.1. The van der Waals surface area contributed by atoms with Gasteiger partial charge in [-0.1, -0.05) is 24.3 Å². The van der Waals surface area contributed by atoms with E-state index in [9.17, 15) is 0 Å². The second-order valence-corrected chi connectivity index (χ2v) is 7.09. The maximum absolute atomic E-state index is 5.29. The van der Waals surface area contributed by atoms with E-state index >= 15 is 0 Å². The van der Waals surface area contributed by atoms with E-state index in [1.165, 1.54) is 10.5 Å². The number of aliphatic imine (C=N–C) groups is 1. The summed E-state index contributed by atoms with van der Waals surface area (Å²) in [7, 11) is 1.69. The third-order valence-corrected chi connectivity index (χ3v) is 5.59. The van der Waals surface area contributed by atoms with Gasteiger partial charge in [0, 0.05) is 34.7 Å². The van der Waals surface area contributed by atoms with Crippen molar-refractivity contribution < 1.29 is 4.74 Å². The zero-order valence-electron chi connectivity index (χ0n) is 13.9. The van der Waals surface area contributed by atoms with E-state index in [4.69, 9.17) is 9.73 Å². The second-order valence-electron chi connectivity index (χ2n) is 5.85. The molecule has 3 nitrogen and oxygen atoms in total. The van der Waals surface area contributed by atoms with Crippen LogP contribution in [-0.2, 0) is 0 Å². The minimum absolute atomic E-state index is 0.307. The van der Waals surface area contributed by atoms with Crippen LogP contribution in [0.25, 0.3) is 0 Å². The molecule has 1 aliphatic heterocycles. The van der Waals surface area contributed by atoms with Gasteiger partial charge in [-0.15, -0.1) is 11.8 Å². The normalized spacial score (nSPS) is 16.5. The van der Waals surface area contributed by atoms with Gasteiger partial charge < -0.3 is 4.74 Å². The summed E-state index contributed by atoms with van der Waals surface area (Å²) in [4.78, 5) is 10.3. The molecule has 2 aromatic carbocycles. The van der Waals surface area contributed by atoms with Gasteiger partial charge >= 0.3 is 0 Å². The molecule has 124 valence electrons. The highest BCUT2D eigenvalue weighted by atomic mass is 32.2. The Balaban J connectivity index is 1.76. The van der Waals surface area contributed by atoms with Crippen molar-refractivity contribution >= 4 is 23.2 Å². The number of pyridine rings is 1. The molecule has 3 aromatic rings. The molecular formula is C21H18N2OS. The standard InChI is InChI=1S/C21H18N2OS/c1-24-17-8-6-16(7-9-17)21-14-19(15-10-12-22-13-11-15)23-18-4-2-3-5-20(18)25-21/h2-13,21H,14H2,1H3/t21-/m1/s1. The van der Waals surface area contributed by atoms with Gasteiger partial charge in [0.15, 0.2) is 0 Å². The lowest BCUT2D eigenvalue weighted by Gasteiger charge is -2.16. The molecule has 0 amide bonds. The lowest BCUT2D eigenvalue weighted by atomic mass is 10.0. The topological polar surface area (TPSA) is 34.5 Å². The number of para-hydroxylation sites is 1. The van der Waals surface area contributed by atoms with Gasteiger partial charge in [-0.3, -0.25) is 9.98 Å². The van der Waals surface area contributed by atoms with Crippen LogP contribution >= 0.6 is 11.8 Å². The van der Waals surface area contributed by atoms with E-state index in [0.29, 0.717) is 5.25 Å². The van der Waals surface area contributed by atoms with E-state index in [1.807, 2.05) is 54.5 Å². The summed E-state index contributed by atoms with van der Waals surface area (Å²) in [6.07, 6.45) is 4.52. The first kappa shape index (κ1) is 15.9. The lowest BCUT2D eigenvalue weighted by Crippen LogP contribution is -2.05. The molecule has 0 radical (unpaired) electrons. The number of hydrogen-bond donors (Lipinski definition) is 0. The first-order valence-corrected chi connectivity index (χ1v) is 9.09. The number of hydrogen-bond acceptors (Lipinski definition) is 4. The Morgan fingerprint density at radius 1 is 0.960 bits per heavy atom. The third-order valence-electron chi connectivity index (χ3n) is 4.27. The van der Waals surface area contributed by atoms with Gasteiger partial charge in [-0.05, 0) is 47.5 Å². The molecule has 2 heterocycles. The Labute approximate surface area is 151 Å². The summed E-state index contributed by atoms with van der Waals surface area (Å²) >= 11 is 1.87. The number of rotatable bonds is 3. The van der Waals surface area contributed by atoms with Crippen LogP contribution in [0.1, 0.15) is 22.8 Å². The highest BCUT2D eigenvalue weighted by molar-refractivity contribution is 7.99. The van der Waals surface area contributed by atoms with Crippen LogP contribution in [0.15, 0.2) is 82.9 Å². The molecular weight excluding hydrogens is 328 g/mol. The highest BCUT2D eigenvalue weighted by Gasteiger charge is 2.22. The Bertz CT molecular complexity index is 891. The van der Waals surface area contributed by atoms with Crippen molar-refractivity contribution in [1.82, 2.24) is 4.98 Å². The van der Waals surface area contributed by atoms with Crippen LogP contribution in [-0.4, -0.2) is 17.8 Å². The average Bonchev–Trinajstić information content (AvgIpc) is 2.88. The first-order chi connectivity index (χ1) is 12.3. The summed E-state index contributed by atoms with van der Waals surface area (Å²) in [5.74, 6) is 0.880. The predicted octanol–water partition coefficient (Wildman–Crippen LogP) is 5.45. The van der Waals surface area contributed by atoms with E-state index < -0.39 is 0 Å². The van der Waals surface area contributed by atoms with Crippen molar-refractivity contribution in [2.75, 3.05) is 7.11 Å². The molecule has 4 rings (SSSR count). The van der Waals surface area contributed by atoms with Crippen LogP contribution in [0.3, 0.4) is 0 Å². The minimum Gasteiger partial charge on any atom is -0.497 e. The van der Waals surface area contributed by atoms with Gasteiger partial charge in [-0.2, -0.15) is 0 Å². The van der Waals surface area contributed by atoms with Crippen LogP contribution in [0.5, 0.6) is 5.75 Å². The van der Waals surface area contributed by atoms with Gasteiger partial charge in [0.2, 0.25) is 0 Å². The molecule has 0 fully saturated rings. The van der Waals surface area contributed by atoms with Crippen molar-refractivity contribution in [3.05, 3.63) is 84.2 Å². The van der Waals surface area contributed by atoms with Crippen LogP contribution < -0.4 is 4.74 Å². The van der Waals surface area contributed by atoms with Crippen LogP contribution in [0.4, 0.5) is 5.69 Å². The first-order valence-electron chi connectivity index (χ1n) is 8.21. The second kappa shape index (κ2) is 7.11. The Morgan fingerprint density at radius 2 is 1.72 bits per heavy atom. The van der Waals surface area contributed by atoms with Crippen LogP contribution in [0.2, 0.25) is 0 Å². The van der Waals surface area contributed by atoms with Gasteiger partial charge in [0.1, 0.15) is 5.75 Å². The molecule has 0 N–H and O–H groups in total. The fourth-order valence-electron chi connectivity index (χ4n) is 2.94. The molecule has 0 aliphatic carbocycles. The minimum atomic E-state index is 0.307. The number of benzene rings is 2. The quantitative estimate of drug-likeness (QED) is 0.632. The molecule has 25 heavy (non-hydrogen) atoms. The zero-order valence-corrected chi connectivity index (χ0v) is 14.7. The monoisotopic (exact) mass is 346 g/mol. The van der Waals surface area contributed by atoms with Gasteiger partial charge in [-0.25, -0.2) is 0 Å². The van der Waals surface area contributed by atoms with Crippen molar-refractivity contribution in [2.24, 2.45) is 4.99 Å². The highest BCUT2D eigenvalue weighted by Crippen LogP contribution is 2.45. The fraction of sp³-hybridized carbons (Fsp3) is 0.143. The summed E-state index contributed by atoms with van der Waals surface area (Å²) in [5.41, 5.74) is 4.55. The predicted molar refractivity (Wildman–Crippen MR) is 103 cm³/mol. The molecule has 1 atom stereocenters. The van der Waals surface area contributed by atoms with E-state index in [-0.39, 0.29) is 0 Å². The summed E-state index contributed by atoms with van der Waals surface area (Å²) in [5, 5.41) is 0.307. The van der Waals surface area contributed by atoms with E-state index in [1.54, 1.807) is 7.11 Å². The molecule has 1 aliphatic rings. The molecule has 4 heteroatoms. The molecule has 1 aromatic heterocycles. The maximum Gasteiger partial charge on any atom is 0.118 e. The van der Waals surface area contributed by atoms with Gasteiger partial charge in [0.25, 0.3) is 0 Å². The number of ether oxygens (including phenoxy) is 1. The van der Waals surface area contributed by atoms with Crippen molar-refractivity contribution in [1.29, 1.82) is 0 Å². The van der Waals surface area contributed by atoms with E-state index in [0.717, 1.165) is 29.1 Å². The van der Waals surface area contributed by atoms with Gasteiger partial charge in [0.05, 0.1) is 12.8 Å². The summed E-state index contributed by atoms with van der Waals surface area (Å²) in [6.45, 7) is 0. The number of nitrogens with zero attached hydrogens (tertiary/aromatic N) is 2. The fourth-order valence-corrected chi connectivity index (χ4v) is 4.17. The Morgan fingerprint density at radius 3 is 2.48 bits per heavy atom. The maximum atomic E-state index is 5.29.